The van der Waals surface area contributed by atoms with Gasteiger partial charge in [0, 0.05) is 49.6 Å². The van der Waals surface area contributed by atoms with Gasteiger partial charge in [0.15, 0.2) is 0 Å². The largest absolute Gasteiger partial charge is 0.373 e. The molecule has 2 aromatic heterocycles. The first-order valence-corrected chi connectivity index (χ1v) is 9.37. The highest BCUT2D eigenvalue weighted by molar-refractivity contribution is 7.09. The summed E-state index contributed by atoms with van der Waals surface area (Å²) >= 11 is 1.74. The van der Waals surface area contributed by atoms with E-state index < -0.39 is 0 Å². The van der Waals surface area contributed by atoms with Crippen molar-refractivity contribution in [3.63, 3.8) is 0 Å². The summed E-state index contributed by atoms with van der Waals surface area (Å²) in [7, 11) is 0. The third-order valence-electron chi connectivity index (χ3n) is 4.71. The molecule has 2 fully saturated rings. The van der Waals surface area contributed by atoms with Gasteiger partial charge in [-0.25, -0.2) is 4.98 Å². The van der Waals surface area contributed by atoms with Gasteiger partial charge in [0.1, 0.15) is 5.01 Å². The van der Waals surface area contributed by atoms with E-state index in [4.69, 9.17) is 9.47 Å². The van der Waals surface area contributed by atoms with Crippen LogP contribution in [-0.4, -0.2) is 46.3 Å². The molecule has 5 nitrogen and oxygen atoms in total. The van der Waals surface area contributed by atoms with Gasteiger partial charge in [0.25, 0.3) is 0 Å². The SMILES string of the molecule is Cc1csc(CN2CC3(C[C@H](OCc4cccnc4)CCO3)C2)n1. The zero-order valence-corrected chi connectivity index (χ0v) is 14.8. The summed E-state index contributed by atoms with van der Waals surface area (Å²) in [5.41, 5.74) is 2.24. The molecule has 2 aromatic rings. The first-order valence-electron chi connectivity index (χ1n) is 8.49. The molecule has 2 saturated heterocycles. The lowest BCUT2D eigenvalue weighted by Gasteiger charge is -2.53. The van der Waals surface area contributed by atoms with Crippen LogP contribution in [0.4, 0.5) is 0 Å². The lowest BCUT2D eigenvalue weighted by atomic mass is 9.84. The first kappa shape index (κ1) is 16.1. The van der Waals surface area contributed by atoms with E-state index in [0.717, 1.165) is 50.3 Å². The van der Waals surface area contributed by atoms with Crippen LogP contribution in [0.25, 0.3) is 0 Å². The standard InChI is InChI=1S/C18H23N3O2S/c1-14-11-24-17(20-14)9-21-12-18(13-21)7-16(4-6-23-18)22-10-15-3-2-5-19-8-15/h2-3,5,8,11,16H,4,6-7,9-10,12-13H2,1H3/t16-/m1/s1. The molecule has 128 valence electrons. The Kier molecular flexibility index (Phi) is 4.63. The molecule has 2 aliphatic rings. The van der Waals surface area contributed by atoms with Gasteiger partial charge in [-0.05, 0) is 25.0 Å². The van der Waals surface area contributed by atoms with Gasteiger partial charge in [0.05, 0.1) is 24.9 Å². The Bertz CT molecular complexity index is 670. The lowest BCUT2D eigenvalue weighted by Crippen LogP contribution is -2.65. The molecule has 0 aliphatic carbocycles. The smallest absolute Gasteiger partial charge is 0.107 e. The van der Waals surface area contributed by atoms with Crippen LogP contribution in [0, 0.1) is 6.92 Å². The van der Waals surface area contributed by atoms with E-state index in [1.165, 1.54) is 5.01 Å². The molecule has 0 radical (unpaired) electrons. The molecule has 4 rings (SSSR count). The van der Waals surface area contributed by atoms with E-state index in [9.17, 15) is 0 Å². The summed E-state index contributed by atoms with van der Waals surface area (Å²) in [4.78, 5) is 11.1. The number of thiazole rings is 1. The highest BCUT2D eigenvalue weighted by Gasteiger charge is 2.47. The number of rotatable bonds is 5. The van der Waals surface area contributed by atoms with Crippen molar-refractivity contribution in [3.8, 4) is 0 Å². The molecule has 24 heavy (non-hydrogen) atoms. The fraction of sp³-hybridized carbons (Fsp3) is 0.556. The maximum atomic E-state index is 6.11. The molecule has 6 heteroatoms. The van der Waals surface area contributed by atoms with E-state index in [1.807, 2.05) is 19.2 Å². The van der Waals surface area contributed by atoms with Crippen molar-refractivity contribution in [2.75, 3.05) is 19.7 Å². The van der Waals surface area contributed by atoms with E-state index >= 15 is 0 Å². The normalized spacial score (nSPS) is 23.3. The van der Waals surface area contributed by atoms with Crippen molar-refractivity contribution in [2.24, 2.45) is 0 Å². The van der Waals surface area contributed by atoms with Crippen molar-refractivity contribution < 1.29 is 9.47 Å². The van der Waals surface area contributed by atoms with Gasteiger partial charge in [-0.15, -0.1) is 11.3 Å². The third kappa shape index (κ3) is 3.67. The molecule has 2 aliphatic heterocycles. The summed E-state index contributed by atoms with van der Waals surface area (Å²) in [6, 6.07) is 4.01. The van der Waals surface area contributed by atoms with Gasteiger partial charge >= 0.3 is 0 Å². The van der Waals surface area contributed by atoms with E-state index in [1.54, 1.807) is 17.5 Å². The zero-order valence-electron chi connectivity index (χ0n) is 14.0. The maximum Gasteiger partial charge on any atom is 0.107 e. The number of aromatic nitrogens is 2. The Balaban J connectivity index is 1.26. The second-order valence-corrected chi connectivity index (χ2v) is 7.79. The Morgan fingerprint density at radius 2 is 2.38 bits per heavy atom. The zero-order chi connectivity index (χ0) is 16.4. The Hall–Kier alpha value is -1.34. The number of aryl methyl sites for hydroxylation is 1. The Labute approximate surface area is 146 Å². The second-order valence-electron chi connectivity index (χ2n) is 6.85. The number of likely N-dealkylation sites (tertiary alicyclic amines) is 1. The summed E-state index contributed by atoms with van der Waals surface area (Å²) in [6.45, 7) is 6.38. The fourth-order valence-electron chi connectivity index (χ4n) is 3.59. The summed E-state index contributed by atoms with van der Waals surface area (Å²) in [6.07, 6.45) is 5.91. The molecule has 0 N–H and O–H groups in total. The molecule has 0 bridgehead atoms. The highest BCUT2D eigenvalue weighted by Crippen LogP contribution is 2.36. The number of hydrogen-bond donors (Lipinski definition) is 0. The van der Waals surface area contributed by atoms with Gasteiger partial charge in [-0.2, -0.15) is 0 Å². The van der Waals surface area contributed by atoms with Crippen LogP contribution in [0.3, 0.4) is 0 Å². The molecule has 0 aromatic carbocycles. The maximum absolute atomic E-state index is 6.11. The van der Waals surface area contributed by atoms with Crippen molar-refractivity contribution in [1.29, 1.82) is 0 Å². The Morgan fingerprint density at radius 1 is 1.46 bits per heavy atom. The van der Waals surface area contributed by atoms with Crippen LogP contribution >= 0.6 is 11.3 Å². The molecular formula is C18H23N3O2S. The predicted octanol–water partition coefficient (Wildman–Crippen LogP) is 2.80. The average Bonchev–Trinajstić information content (AvgIpc) is 2.98. The highest BCUT2D eigenvalue weighted by atomic mass is 32.1. The number of hydrogen-bond acceptors (Lipinski definition) is 6. The van der Waals surface area contributed by atoms with Crippen LogP contribution in [0.2, 0.25) is 0 Å². The monoisotopic (exact) mass is 345 g/mol. The minimum atomic E-state index is -0.00976. The van der Waals surface area contributed by atoms with Crippen molar-refractivity contribution in [2.45, 2.75) is 44.6 Å². The number of nitrogens with zero attached hydrogens (tertiary/aromatic N) is 3. The van der Waals surface area contributed by atoms with Gasteiger partial charge in [0.2, 0.25) is 0 Å². The molecule has 0 unspecified atom stereocenters. The average molecular weight is 345 g/mol. The number of pyridine rings is 1. The second kappa shape index (κ2) is 6.88. The van der Waals surface area contributed by atoms with Crippen LogP contribution in [0.5, 0.6) is 0 Å². The van der Waals surface area contributed by atoms with Gasteiger partial charge in [-0.1, -0.05) is 6.07 Å². The van der Waals surface area contributed by atoms with Crippen LogP contribution in [-0.2, 0) is 22.6 Å². The minimum absolute atomic E-state index is 0.00976. The molecular weight excluding hydrogens is 322 g/mol. The van der Waals surface area contributed by atoms with Crippen LogP contribution in [0.15, 0.2) is 29.9 Å². The van der Waals surface area contributed by atoms with Crippen molar-refractivity contribution in [1.82, 2.24) is 14.9 Å². The van der Waals surface area contributed by atoms with Crippen LogP contribution < -0.4 is 0 Å². The Morgan fingerprint density at radius 3 is 3.12 bits per heavy atom. The topological polar surface area (TPSA) is 47.5 Å². The van der Waals surface area contributed by atoms with E-state index in [-0.39, 0.29) is 11.7 Å². The quantitative estimate of drug-likeness (QED) is 0.834. The lowest BCUT2D eigenvalue weighted by molar-refractivity contribution is -0.200. The molecule has 4 heterocycles. The summed E-state index contributed by atoms with van der Waals surface area (Å²) < 4.78 is 12.2. The van der Waals surface area contributed by atoms with Crippen molar-refractivity contribution >= 4 is 11.3 Å². The van der Waals surface area contributed by atoms with E-state index in [2.05, 4.69) is 26.3 Å². The number of ether oxygens (including phenoxy) is 2. The molecule has 0 amide bonds. The van der Waals surface area contributed by atoms with Crippen LogP contribution in [0.1, 0.15) is 29.1 Å². The third-order valence-corrected chi connectivity index (χ3v) is 5.66. The summed E-state index contributed by atoms with van der Waals surface area (Å²) in [5.74, 6) is 0. The predicted molar refractivity (Wildman–Crippen MR) is 92.9 cm³/mol. The minimum Gasteiger partial charge on any atom is -0.373 e. The van der Waals surface area contributed by atoms with E-state index in [0.29, 0.717) is 6.61 Å². The summed E-state index contributed by atoms with van der Waals surface area (Å²) in [5, 5.41) is 3.31. The fourth-order valence-corrected chi connectivity index (χ4v) is 4.40. The molecule has 1 atom stereocenters. The first-order chi connectivity index (χ1) is 11.7. The molecule has 0 saturated carbocycles. The van der Waals surface area contributed by atoms with Gasteiger partial charge in [-0.3, -0.25) is 9.88 Å². The molecule has 1 spiro atoms. The van der Waals surface area contributed by atoms with Crippen molar-refractivity contribution in [3.05, 3.63) is 46.2 Å². The van der Waals surface area contributed by atoms with Gasteiger partial charge < -0.3 is 9.47 Å².